The minimum Gasteiger partial charge on any atom is -0.507 e. The first-order valence-electron chi connectivity index (χ1n) is 4.30. The predicted octanol–water partition coefficient (Wildman–Crippen LogP) is 3.43. The van der Waals surface area contributed by atoms with Gasteiger partial charge in [-0.15, -0.1) is 12.4 Å². The summed E-state index contributed by atoms with van der Waals surface area (Å²) in [5.41, 5.74) is 9.37. The Bertz CT molecular complexity index is 467. The van der Waals surface area contributed by atoms with Gasteiger partial charge in [-0.25, -0.2) is 0 Å². The molecule has 15 heavy (non-hydrogen) atoms. The summed E-state index contributed by atoms with van der Waals surface area (Å²) in [5, 5.41) is 13.8. The highest BCUT2D eigenvalue weighted by atomic mass is 35.5. The first kappa shape index (κ1) is 11.9. The summed E-state index contributed by atoms with van der Waals surface area (Å²) in [7, 11) is 0. The Kier molecular flexibility index (Phi) is 3.61. The first-order chi connectivity index (χ1) is 6.68. The lowest BCUT2D eigenvalue weighted by molar-refractivity contribution is 0.477. The SMILES string of the molecule is Cc1cscc1-c1cc(N)ccc1O.Cl. The van der Waals surface area contributed by atoms with E-state index in [2.05, 4.69) is 5.38 Å². The molecule has 0 unspecified atom stereocenters. The number of aromatic hydroxyl groups is 1. The molecule has 0 fully saturated rings. The second kappa shape index (κ2) is 4.55. The third kappa shape index (κ3) is 2.25. The lowest BCUT2D eigenvalue weighted by atomic mass is 10.0. The maximum atomic E-state index is 9.68. The molecular formula is C11H12ClNOS. The molecule has 2 rings (SSSR count). The van der Waals surface area contributed by atoms with Crippen molar-refractivity contribution in [2.75, 3.05) is 5.73 Å². The number of thiophene rings is 1. The topological polar surface area (TPSA) is 46.2 Å². The van der Waals surface area contributed by atoms with Gasteiger partial charge in [0.15, 0.2) is 0 Å². The molecule has 0 amide bonds. The number of halogens is 1. The van der Waals surface area contributed by atoms with Gasteiger partial charge in [-0.3, -0.25) is 0 Å². The fourth-order valence-electron chi connectivity index (χ4n) is 1.41. The molecular weight excluding hydrogens is 230 g/mol. The van der Waals surface area contributed by atoms with Crippen LogP contribution in [0.5, 0.6) is 5.75 Å². The zero-order chi connectivity index (χ0) is 10.1. The van der Waals surface area contributed by atoms with Gasteiger partial charge in [0.1, 0.15) is 5.75 Å². The van der Waals surface area contributed by atoms with E-state index < -0.39 is 0 Å². The van der Waals surface area contributed by atoms with E-state index in [1.807, 2.05) is 12.3 Å². The Morgan fingerprint density at radius 1 is 1.20 bits per heavy atom. The van der Waals surface area contributed by atoms with E-state index in [1.54, 1.807) is 29.5 Å². The van der Waals surface area contributed by atoms with Crippen molar-refractivity contribution in [2.24, 2.45) is 0 Å². The zero-order valence-corrected chi connectivity index (χ0v) is 9.86. The second-order valence-electron chi connectivity index (χ2n) is 3.25. The number of nitrogens with two attached hydrogens (primary N) is 1. The van der Waals surface area contributed by atoms with Gasteiger partial charge in [0, 0.05) is 11.3 Å². The molecule has 0 bridgehead atoms. The van der Waals surface area contributed by atoms with E-state index in [1.165, 1.54) is 0 Å². The normalized spacial score (nSPS) is 9.67. The maximum Gasteiger partial charge on any atom is 0.123 e. The van der Waals surface area contributed by atoms with Crippen molar-refractivity contribution < 1.29 is 5.11 Å². The number of aryl methyl sites for hydroxylation is 1. The van der Waals surface area contributed by atoms with Crippen LogP contribution in [0.2, 0.25) is 0 Å². The van der Waals surface area contributed by atoms with E-state index in [9.17, 15) is 5.11 Å². The summed E-state index contributed by atoms with van der Waals surface area (Å²) in [4.78, 5) is 0. The van der Waals surface area contributed by atoms with Crippen molar-refractivity contribution in [3.63, 3.8) is 0 Å². The van der Waals surface area contributed by atoms with Gasteiger partial charge in [-0.05, 0) is 47.0 Å². The number of benzene rings is 1. The quantitative estimate of drug-likeness (QED) is 0.594. The Labute approximate surface area is 98.8 Å². The van der Waals surface area contributed by atoms with Crippen LogP contribution in [0.4, 0.5) is 5.69 Å². The van der Waals surface area contributed by atoms with Crippen molar-refractivity contribution in [1.29, 1.82) is 0 Å². The number of hydrogen-bond acceptors (Lipinski definition) is 3. The highest BCUT2D eigenvalue weighted by Crippen LogP contribution is 2.34. The molecule has 80 valence electrons. The average molecular weight is 242 g/mol. The molecule has 4 heteroatoms. The number of hydrogen-bond donors (Lipinski definition) is 2. The minimum absolute atomic E-state index is 0. The third-order valence-corrected chi connectivity index (χ3v) is 3.03. The van der Waals surface area contributed by atoms with E-state index in [0.717, 1.165) is 16.7 Å². The van der Waals surface area contributed by atoms with Gasteiger partial charge in [0.05, 0.1) is 0 Å². The molecule has 0 atom stereocenters. The molecule has 1 heterocycles. The molecule has 0 spiro atoms. The van der Waals surface area contributed by atoms with Crippen molar-refractivity contribution >= 4 is 29.4 Å². The summed E-state index contributed by atoms with van der Waals surface area (Å²) < 4.78 is 0. The first-order valence-corrected chi connectivity index (χ1v) is 5.24. The molecule has 1 aromatic carbocycles. The van der Waals surface area contributed by atoms with Crippen LogP contribution in [0.15, 0.2) is 29.0 Å². The average Bonchev–Trinajstić information content (AvgIpc) is 2.56. The lowest BCUT2D eigenvalue weighted by Crippen LogP contribution is -1.86. The van der Waals surface area contributed by atoms with Crippen LogP contribution in [0, 0.1) is 6.92 Å². The van der Waals surface area contributed by atoms with Crippen LogP contribution in [0.1, 0.15) is 5.56 Å². The van der Waals surface area contributed by atoms with Gasteiger partial charge < -0.3 is 10.8 Å². The fourth-order valence-corrected chi connectivity index (χ4v) is 2.25. The lowest BCUT2D eigenvalue weighted by Gasteiger charge is -2.04. The summed E-state index contributed by atoms with van der Waals surface area (Å²) in [5.74, 6) is 0.278. The van der Waals surface area contributed by atoms with Crippen LogP contribution in [-0.2, 0) is 0 Å². The van der Waals surface area contributed by atoms with E-state index in [-0.39, 0.29) is 18.2 Å². The maximum absolute atomic E-state index is 9.68. The van der Waals surface area contributed by atoms with Gasteiger partial charge in [-0.2, -0.15) is 11.3 Å². The van der Waals surface area contributed by atoms with Crippen molar-refractivity contribution in [3.05, 3.63) is 34.5 Å². The Balaban J connectivity index is 0.00000112. The van der Waals surface area contributed by atoms with Gasteiger partial charge in [0.2, 0.25) is 0 Å². The van der Waals surface area contributed by atoms with Crippen LogP contribution >= 0.6 is 23.7 Å². The fraction of sp³-hybridized carbons (Fsp3) is 0.0909. The minimum atomic E-state index is 0. The van der Waals surface area contributed by atoms with E-state index in [4.69, 9.17) is 5.73 Å². The van der Waals surface area contributed by atoms with Crippen molar-refractivity contribution in [1.82, 2.24) is 0 Å². The van der Waals surface area contributed by atoms with Crippen LogP contribution in [0.25, 0.3) is 11.1 Å². The molecule has 0 aliphatic carbocycles. The van der Waals surface area contributed by atoms with Gasteiger partial charge in [0.25, 0.3) is 0 Å². The van der Waals surface area contributed by atoms with Crippen molar-refractivity contribution in [3.8, 4) is 16.9 Å². The molecule has 0 saturated carbocycles. The van der Waals surface area contributed by atoms with Crippen LogP contribution < -0.4 is 5.73 Å². The monoisotopic (exact) mass is 241 g/mol. The summed E-state index contributed by atoms with van der Waals surface area (Å²) in [6, 6.07) is 5.12. The van der Waals surface area contributed by atoms with Crippen molar-refractivity contribution in [2.45, 2.75) is 6.92 Å². The number of anilines is 1. The smallest absolute Gasteiger partial charge is 0.123 e. The highest BCUT2D eigenvalue weighted by molar-refractivity contribution is 7.08. The predicted molar refractivity (Wildman–Crippen MR) is 67.8 cm³/mol. The molecule has 1 aromatic heterocycles. The molecule has 0 radical (unpaired) electrons. The molecule has 0 aliphatic rings. The van der Waals surface area contributed by atoms with E-state index in [0.29, 0.717) is 5.69 Å². The Morgan fingerprint density at radius 2 is 1.93 bits per heavy atom. The highest BCUT2D eigenvalue weighted by Gasteiger charge is 2.07. The largest absolute Gasteiger partial charge is 0.507 e. The summed E-state index contributed by atoms with van der Waals surface area (Å²) in [6.07, 6.45) is 0. The van der Waals surface area contributed by atoms with Gasteiger partial charge >= 0.3 is 0 Å². The van der Waals surface area contributed by atoms with Crippen LogP contribution in [0.3, 0.4) is 0 Å². The Hall–Kier alpha value is -1.19. The second-order valence-corrected chi connectivity index (χ2v) is 3.99. The Morgan fingerprint density at radius 3 is 2.53 bits per heavy atom. The number of nitrogen functional groups attached to an aromatic ring is 1. The number of rotatable bonds is 1. The van der Waals surface area contributed by atoms with E-state index >= 15 is 0 Å². The molecule has 0 aliphatic heterocycles. The number of phenols is 1. The molecule has 3 N–H and O–H groups in total. The summed E-state index contributed by atoms with van der Waals surface area (Å²) >= 11 is 1.62. The molecule has 0 saturated heterocycles. The number of phenolic OH excluding ortho intramolecular Hbond substituents is 1. The zero-order valence-electron chi connectivity index (χ0n) is 8.23. The summed E-state index contributed by atoms with van der Waals surface area (Å²) in [6.45, 7) is 2.02. The molecule has 2 aromatic rings. The third-order valence-electron chi connectivity index (χ3n) is 2.17. The van der Waals surface area contributed by atoms with Gasteiger partial charge in [-0.1, -0.05) is 0 Å². The van der Waals surface area contributed by atoms with Crippen LogP contribution in [-0.4, -0.2) is 5.11 Å². The molecule has 2 nitrogen and oxygen atoms in total. The standard InChI is InChI=1S/C11H11NOS.ClH/c1-7-5-14-6-10(7)9-4-8(12)2-3-11(9)13;/h2-6,13H,12H2,1H3;1H.